The van der Waals surface area contributed by atoms with Crippen molar-refractivity contribution in [3.63, 3.8) is 0 Å². The Morgan fingerprint density at radius 3 is 1.74 bits per heavy atom. The molecule has 0 aromatic heterocycles. The van der Waals surface area contributed by atoms with Crippen molar-refractivity contribution < 1.29 is 9.05 Å². The van der Waals surface area contributed by atoms with Gasteiger partial charge in [-0.3, -0.25) is 0 Å². The van der Waals surface area contributed by atoms with E-state index in [2.05, 4.69) is 6.92 Å². The van der Waals surface area contributed by atoms with Gasteiger partial charge < -0.3 is 0 Å². The molecule has 2 aromatic rings. The monoisotopic (exact) mass is 352 g/mol. The summed E-state index contributed by atoms with van der Waals surface area (Å²) in [6.07, 6.45) is 4.07. The normalized spacial score (nSPS) is 12.0. The van der Waals surface area contributed by atoms with Crippen molar-refractivity contribution in [3.8, 4) is 11.5 Å². The first-order chi connectivity index (χ1) is 11.0. The summed E-state index contributed by atoms with van der Waals surface area (Å²) in [5.74, 6) is 1.64. The minimum atomic E-state index is -2.86. The van der Waals surface area contributed by atoms with E-state index in [1.807, 2.05) is 62.4 Å². The molecule has 0 radical (unpaired) electrons. The van der Waals surface area contributed by atoms with Gasteiger partial charge in [0.1, 0.15) is 0 Å². The van der Waals surface area contributed by atoms with Crippen LogP contribution in [0.25, 0.3) is 0 Å². The van der Waals surface area contributed by atoms with E-state index in [1.165, 1.54) is 0 Å². The van der Waals surface area contributed by atoms with Crippen molar-refractivity contribution in [3.05, 3.63) is 59.7 Å². The molecule has 2 aromatic carbocycles. The summed E-state index contributed by atoms with van der Waals surface area (Å²) >= 11 is 6.88. The van der Waals surface area contributed by atoms with Crippen LogP contribution in [0.5, 0.6) is 11.5 Å². The van der Waals surface area contributed by atoms with E-state index >= 15 is 0 Å². The first-order valence-electron chi connectivity index (χ1n) is 8.22. The Balaban J connectivity index is 2.21. The second-order valence-corrected chi connectivity index (χ2v) is 9.81. The molecule has 0 saturated heterocycles. The average molecular weight is 353 g/mol. The number of halogens is 1. The fourth-order valence-corrected chi connectivity index (χ4v) is 5.31. The van der Waals surface area contributed by atoms with Gasteiger partial charge in [-0.15, -0.1) is 0 Å². The average Bonchev–Trinajstić information content (AvgIpc) is 2.52. The van der Waals surface area contributed by atoms with Gasteiger partial charge in [0.2, 0.25) is 0 Å². The van der Waals surface area contributed by atoms with Gasteiger partial charge in [-0.25, -0.2) is 0 Å². The second-order valence-electron chi connectivity index (χ2n) is 5.85. The standard InChI is InChI=1S/C19H26ClO2P/c1-4-5-10-15-23(20,21-18-13-8-6-11-16(18)2)22-19-14-9-7-12-17(19)3/h6-9,11-14,23H,4-5,10,15H2,1-3H3. The molecular weight excluding hydrogens is 327 g/mol. The predicted octanol–water partition coefficient (Wildman–Crippen LogP) is 6.69. The van der Waals surface area contributed by atoms with E-state index in [9.17, 15) is 0 Å². The van der Waals surface area contributed by atoms with E-state index in [0.29, 0.717) is 0 Å². The molecule has 2 nitrogen and oxygen atoms in total. The first kappa shape index (κ1) is 18.1. The molecule has 0 unspecified atom stereocenters. The molecule has 23 heavy (non-hydrogen) atoms. The van der Waals surface area contributed by atoms with Crippen molar-refractivity contribution >= 4 is 18.3 Å². The zero-order valence-electron chi connectivity index (χ0n) is 14.1. The van der Waals surface area contributed by atoms with E-state index < -0.39 is 7.07 Å². The molecule has 126 valence electrons. The van der Waals surface area contributed by atoms with Crippen molar-refractivity contribution in [1.82, 2.24) is 0 Å². The maximum absolute atomic E-state index is 6.88. The van der Waals surface area contributed by atoms with Gasteiger partial charge in [0.25, 0.3) is 0 Å². The van der Waals surface area contributed by atoms with Gasteiger partial charge in [0, 0.05) is 0 Å². The summed E-state index contributed by atoms with van der Waals surface area (Å²) in [4.78, 5) is 0. The fraction of sp³-hybridized carbons (Fsp3) is 0.368. The van der Waals surface area contributed by atoms with E-state index in [4.69, 9.17) is 20.3 Å². The molecule has 2 rings (SSSR count). The molecule has 0 aliphatic rings. The van der Waals surface area contributed by atoms with Gasteiger partial charge in [0.15, 0.2) is 0 Å². The van der Waals surface area contributed by atoms with Crippen LogP contribution in [0.4, 0.5) is 0 Å². The quantitative estimate of drug-likeness (QED) is 0.389. The molecule has 0 spiro atoms. The summed E-state index contributed by atoms with van der Waals surface area (Å²) < 4.78 is 12.4. The van der Waals surface area contributed by atoms with Gasteiger partial charge in [0.05, 0.1) is 0 Å². The molecule has 0 atom stereocenters. The summed E-state index contributed by atoms with van der Waals surface area (Å²) in [7, 11) is -2.86. The Morgan fingerprint density at radius 2 is 1.30 bits per heavy atom. The van der Waals surface area contributed by atoms with Crippen LogP contribution < -0.4 is 9.05 Å². The van der Waals surface area contributed by atoms with Crippen LogP contribution in [0.1, 0.15) is 37.3 Å². The maximum atomic E-state index is 6.88. The Hall–Kier alpha value is -1.24. The zero-order valence-corrected chi connectivity index (χ0v) is 15.9. The third-order valence-electron chi connectivity index (χ3n) is 3.79. The van der Waals surface area contributed by atoms with E-state index in [0.717, 1.165) is 48.1 Å². The molecule has 0 fully saturated rings. The Labute approximate surface area is 145 Å². The summed E-state index contributed by atoms with van der Waals surface area (Å²) in [5.41, 5.74) is 2.16. The van der Waals surface area contributed by atoms with Crippen LogP contribution in [0, 0.1) is 13.8 Å². The number of benzene rings is 2. The predicted molar refractivity (Wildman–Crippen MR) is 102 cm³/mol. The van der Waals surface area contributed by atoms with Crippen LogP contribution >= 0.6 is 18.3 Å². The number of rotatable bonds is 8. The molecule has 0 heterocycles. The van der Waals surface area contributed by atoms with Crippen molar-refractivity contribution in [2.75, 3.05) is 6.16 Å². The summed E-state index contributed by atoms with van der Waals surface area (Å²) in [6, 6.07) is 15.9. The Bertz CT molecular complexity index is 583. The van der Waals surface area contributed by atoms with Gasteiger partial charge >= 0.3 is 145 Å². The fourth-order valence-electron chi connectivity index (χ4n) is 2.38. The Kier molecular flexibility index (Phi) is 6.74. The van der Waals surface area contributed by atoms with Crippen LogP contribution in [0.15, 0.2) is 48.5 Å². The van der Waals surface area contributed by atoms with E-state index in [-0.39, 0.29) is 0 Å². The molecule has 0 aliphatic carbocycles. The van der Waals surface area contributed by atoms with Crippen LogP contribution in [-0.2, 0) is 0 Å². The third-order valence-corrected chi connectivity index (χ3v) is 6.82. The topological polar surface area (TPSA) is 18.5 Å². The molecular formula is C19H26ClO2P. The second kappa shape index (κ2) is 8.57. The number of unbranched alkanes of at least 4 members (excludes halogenated alkanes) is 2. The SMILES string of the molecule is CCCCC[PH](Cl)(Oc1ccccc1C)Oc1ccccc1C. The van der Waals surface area contributed by atoms with Crippen LogP contribution in [0.3, 0.4) is 0 Å². The molecule has 0 bridgehead atoms. The summed E-state index contributed by atoms with van der Waals surface area (Å²) in [5, 5.41) is 0. The van der Waals surface area contributed by atoms with Crippen molar-refractivity contribution in [2.24, 2.45) is 0 Å². The minimum absolute atomic E-state index is 0.769. The van der Waals surface area contributed by atoms with Crippen molar-refractivity contribution in [2.45, 2.75) is 40.0 Å². The number of hydrogen-bond donors (Lipinski definition) is 0. The van der Waals surface area contributed by atoms with Crippen molar-refractivity contribution in [1.29, 1.82) is 0 Å². The molecule has 0 aliphatic heterocycles. The van der Waals surface area contributed by atoms with Gasteiger partial charge in [-0.2, -0.15) is 0 Å². The molecule has 0 saturated carbocycles. The van der Waals surface area contributed by atoms with Crippen LogP contribution in [-0.4, -0.2) is 6.16 Å². The zero-order chi connectivity index (χ0) is 16.7. The van der Waals surface area contributed by atoms with Gasteiger partial charge in [-0.05, 0) is 0 Å². The van der Waals surface area contributed by atoms with Gasteiger partial charge in [-0.1, -0.05) is 0 Å². The third kappa shape index (κ3) is 5.41. The molecule has 4 heteroatoms. The Morgan fingerprint density at radius 1 is 0.826 bits per heavy atom. The van der Waals surface area contributed by atoms with E-state index in [1.54, 1.807) is 0 Å². The molecule has 0 N–H and O–H groups in total. The number of para-hydroxylation sites is 2. The summed E-state index contributed by atoms with van der Waals surface area (Å²) in [6.45, 7) is 6.24. The number of aryl methyl sites for hydroxylation is 2. The van der Waals surface area contributed by atoms with Crippen LogP contribution in [0.2, 0.25) is 0 Å². The first-order valence-corrected chi connectivity index (χ1v) is 11.3. The molecule has 0 amide bonds. The number of hydrogen-bond acceptors (Lipinski definition) is 2.